The van der Waals surface area contributed by atoms with Gasteiger partial charge in [-0.15, -0.1) is 0 Å². The van der Waals surface area contributed by atoms with Crippen LogP contribution in [0.4, 0.5) is 5.69 Å². The van der Waals surface area contributed by atoms with Crippen LogP contribution < -0.4 is 10.5 Å². The lowest BCUT2D eigenvalue weighted by molar-refractivity contribution is -0.144. The highest BCUT2D eigenvalue weighted by Crippen LogP contribution is 2.37. The van der Waals surface area contributed by atoms with Crippen LogP contribution in [0.5, 0.6) is 5.75 Å². The molecule has 0 amide bonds. The van der Waals surface area contributed by atoms with Crippen molar-refractivity contribution < 1.29 is 14.6 Å². The normalized spacial score (nSPS) is 14.4. The molecule has 0 spiro atoms. The number of hydrogen-bond acceptors (Lipinski definition) is 3. The predicted octanol–water partition coefficient (Wildman–Crippen LogP) is 2.28. The van der Waals surface area contributed by atoms with Crippen molar-refractivity contribution in [2.75, 3.05) is 12.8 Å². The lowest BCUT2D eigenvalue weighted by atomic mass is 9.72. The Morgan fingerprint density at radius 3 is 2.47 bits per heavy atom. The fraction of sp³-hybridized carbons (Fsp3) is 0.462. The van der Waals surface area contributed by atoms with Crippen LogP contribution in [0.3, 0.4) is 0 Å². The molecule has 0 bridgehead atoms. The summed E-state index contributed by atoms with van der Waals surface area (Å²) in [6.45, 7) is 5.42. The molecule has 0 fully saturated rings. The van der Waals surface area contributed by atoms with Crippen LogP contribution in [0.15, 0.2) is 18.2 Å². The van der Waals surface area contributed by atoms with E-state index in [4.69, 9.17) is 10.5 Å². The number of carboxylic acid groups (broad SMARTS) is 1. The molecule has 3 N–H and O–H groups in total. The smallest absolute Gasteiger partial charge is 0.314 e. The summed E-state index contributed by atoms with van der Waals surface area (Å²) in [5.41, 5.74) is 5.94. The number of ether oxygens (including phenoxy) is 1. The second-order valence-electron chi connectivity index (χ2n) is 4.62. The van der Waals surface area contributed by atoms with Gasteiger partial charge in [-0.1, -0.05) is 13.8 Å². The molecule has 1 aromatic carbocycles. The lowest BCUT2D eigenvalue weighted by Gasteiger charge is -2.31. The maximum absolute atomic E-state index is 11.5. The van der Waals surface area contributed by atoms with Crippen LogP contribution in [0.2, 0.25) is 0 Å². The number of rotatable bonds is 4. The number of aliphatic carboxylic acids is 1. The van der Waals surface area contributed by atoms with Gasteiger partial charge in [0.1, 0.15) is 5.75 Å². The molecular formula is C13H19NO3. The number of benzene rings is 1. The third kappa shape index (κ3) is 2.20. The first-order valence-corrected chi connectivity index (χ1v) is 5.51. The molecule has 0 saturated heterocycles. The van der Waals surface area contributed by atoms with Gasteiger partial charge in [-0.05, 0) is 36.6 Å². The molecule has 1 rings (SSSR count). The first-order chi connectivity index (χ1) is 7.83. The Balaban J connectivity index is 3.42. The highest BCUT2D eigenvalue weighted by atomic mass is 16.5. The molecular weight excluding hydrogens is 218 g/mol. The highest BCUT2D eigenvalue weighted by molar-refractivity contribution is 5.83. The molecule has 1 aromatic rings. The van der Waals surface area contributed by atoms with Gasteiger partial charge in [0.15, 0.2) is 0 Å². The molecule has 4 nitrogen and oxygen atoms in total. The summed E-state index contributed by atoms with van der Waals surface area (Å²) in [5.74, 6) is -0.343. The Kier molecular flexibility index (Phi) is 3.66. The van der Waals surface area contributed by atoms with Crippen LogP contribution in [0, 0.1) is 5.92 Å². The van der Waals surface area contributed by atoms with E-state index in [1.165, 1.54) is 0 Å². The number of carboxylic acids is 1. The number of carbonyl (C=O) groups is 1. The SMILES string of the molecule is COc1ccc(N)c(C(C)(C(=O)O)C(C)C)c1. The molecule has 1 atom stereocenters. The van der Waals surface area contributed by atoms with E-state index in [1.54, 1.807) is 32.2 Å². The molecule has 0 aliphatic carbocycles. The fourth-order valence-corrected chi connectivity index (χ4v) is 1.79. The van der Waals surface area contributed by atoms with E-state index in [0.29, 0.717) is 17.0 Å². The Morgan fingerprint density at radius 1 is 1.47 bits per heavy atom. The van der Waals surface area contributed by atoms with Crippen LogP contribution in [0.1, 0.15) is 26.3 Å². The summed E-state index contributed by atoms with van der Waals surface area (Å²) in [6, 6.07) is 5.10. The minimum atomic E-state index is -1.02. The van der Waals surface area contributed by atoms with Crippen LogP contribution >= 0.6 is 0 Å². The van der Waals surface area contributed by atoms with Crippen molar-refractivity contribution in [2.45, 2.75) is 26.2 Å². The van der Waals surface area contributed by atoms with Gasteiger partial charge >= 0.3 is 5.97 Å². The van der Waals surface area contributed by atoms with E-state index in [2.05, 4.69) is 0 Å². The van der Waals surface area contributed by atoms with Crippen molar-refractivity contribution in [3.8, 4) is 5.75 Å². The van der Waals surface area contributed by atoms with E-state index in [9.17, 15) is 9.90 Å². The van der Waals surface area contributed by atoms with Gasteiger partial charge in [-0.2, -0.15) is 0 Å². The number of anilines is 1. The second kappa shape index (κ2) is 4.65. The van der Waals surface area contributed by atoms with E-state index in [1.807, 2.05) is 13.8 Å². The van der Waals surface area contributed by atoms with E-state index >= 15 is 0 Å². The van der Waals surface area contributed by atoms with Crippen LogP contribution in [-0.4, -0.2) is 18.2 Å². The van der Waals surface area contributed by atoms with Crippen molar-refractivity contribution in [1.82, 2.24) is 0 Å². The fourth-order valence-electron chi connectivity index (χ4n) is 1.79. The van der Waals surface area contributed by atoms with Crippen molar-refractivity contribution in [2.24, 2.45) is 5.92 Å². The van der Waals surface area contributed by atoms with Gasteiger partial charge < -0.3 is 15.6 Å². The Bertz CT molecular complexity index is 429. The largest absolute Gasteiger partial charge is 0.497 e. The van der Waals surface area contributed by atoms with Gasteiger partial charge in [0.05, 0.1) is 12.5 Å². The summed E-state index contributed by atoms with van der Waals surface area (Å²) < 4.78 is 5.12. The molecule has 0 aliphatic heterocycles. The average molecular weight is 237 g/mol. The molecule has 0 aliphatic rings. The van der Waals surface area contributed by atoms with Crippen molar-refractivity contribution in [3.05, 3.63) is 23.8 Å². The molecule has 0 aromatic heterocycles. The number of nitrogen functional groups attached to an aromatic ring is 1. The molecule has 0 radical (unpaired) electrons. The van der Waals surface area contributed by atoms with Crippen LogP contribution in [0.25, 0.3) is 0 Å². The lowest BCUT2D eigenvalue weighted by Crippen LogP contribution is -2.38. The maximum Gasteiger partial charge on any atom is 0.314 e. The third-order valence-corrected chi connectivity index (χ3v) is 3.42. The van der Waals surface area contributed by atoms with E-state index in [-0.39, 0.29) is 5.92 Å². The summed E-state index contributed by atoms with van der Waals surface area (Å²) in [4.78, 5) is 11.5. The first kappa shape index (κ1) is 13.4. The standard InChI is InChI=1S/C13H19NO3/c1-8(2)13(3,12(15)16)10-7-9(17-4)5-6-11(10)14/h5-8H,14H2,1-4H3,(H,15,16). The minimum Gasteiger partial charge on any atom is -0.497 e. The Labute approximate surface area is 101 Å². The summed E-state index contributed by atoms with van der Waals surface area (Å²) >= 11 is 0. The number of nitrogens with two attached hydrogens (primary N) is 1. The zero-order valence-electron chi connectivity index (χ0n) is 10.7. The summed E-state index contributed by atoms with van der Waals surface area (Å²) in [5, 5.41) is 9.45. The van der Waals surface area contributed by atoms with Gasteiger partial charge in [0, 0.05) is 5.69 Å². The maximum atomic E-state index is 11.5. The molecule has 4 heteroatoms. The third-order valence-electron chi connectivity index (χ3n) is 3.42. The van der Waals surface area contributed by atoms with Gasteiger partial charge in [-0.3, -0.25) is 4.79 Å². The zero-order valence-corrected chi connectivity index (χ0v) is 10.7. The first-order valence-electron chi connectivity index (χ1n) is 5.51. The van der Waals surface area contributed by atoms with E-state index < -0.39 is 11.4 Å². The molecule has 0 saturated carbocycles. The van der Waals surface area contributed by atoms with Crippen molar-refractivity contribution in [3.63, 3.8) is 0 Å². The molecule has 1 unspecified atom stereocenters. The van der Waals surface area contributed by atoms with Crippen molar-refractivity contribution >= 4 is 11.7 Å². The summed E-state index contributed by atoms with van der Waals surface area (Å²) in [6.07, 6.45) is 0. The van der Waals surface area contributed by atoms with Gasteiger partial charge in [-0.25, -0.2) is 0 Å². The monoisotopic (exact) mass is 237 g/mol. The van der Waals surface area contributed by atoms with Gasteiger partial charge in [0.2, 0.25) is 0 Å². The number of hydrogen-bond donors (Lipinski definition) is 2. The highest BCUT2D eigenvalue weighted by Gasteiger charge is 2.40. The minimum absolute atomic E-state index is 0.0746. The second-order valence-corrected chi connectivity index (χ2v) is 4.62. The Morgan fingerprint density at radius 2 is 2.06 bits per heavy atom. The van der Waals surface area contributed by atoms with E-state index in [0.717, 1.165) is 0 Å². The molecule has 17 heavy (non-hydrogen) atoms. The molecule has 94 valence electrons. The topological polar surface area (TPSA) is 72.5 Å². The quantitative estimate of drug-likeness (QED) is 0.788. The average Bonchev–Trinajstić information content (AvgIpc) is 2.28. The van der Waals surface area contributed by atoms with Crippen molar-refractivity contribution in [1.29, 1.82) is 0 Å². The molecule has 0 heterocycles. The van der Waals surface area contributed by atoms with Gasteiger partial charge in [0.25, 0.3) is 0 Å². The van der Waals surface area contributed by atoms with Crippen LogP contribution in [-0.2, 0) is 10.2 Å². The zero-order chi connectivity index (χ0) is 13.2. The Hall–Kier alpha value is -1.71. The number of methoxy groups -OCH3 is 1. The summed E-state index contributed by atoms with van der Waals surface area (Å²) in [7, 11) is 1.54. The predicted molar refractivity (Wildman–Crippen MR) is 67.2 cm³/mol.